The van der Waals surface area contributed by atoms with E-state index in [1.807, 2.05) is 4.90 Å². The Balaban J connectivity index is 1.26. The second-order valence-corrected chi connectivity index (χ2v) is 10.2. The zero-order chi connectivity index (χ0) is 20.0. The molecule has 1 aliphatic heterocycles. The van der Waals surface area contributed by atoms with Crippen LogP contribution in [-0.4, -0.2) is 48.0 Å². The molecule has 1 saturated heterocycles. The van der Waals surface area contributed by atoms with Crippen LogP contribution in [0, 0.1) is 35.0 Å². The van der Waals surface area contributed by atoms with E-state index in [0.29, 0.717) is 54.4 Å². The SMILES string of the molecule is CN/[NH+]=C(\N)C1CN(C(=O)CC2(c3ccccc3)C3CC4CC35C(CC25)[C@@H]4O)C1. The number of hydrogen-bond donors (Lipinski definition) is 4. The Labute approximate surface area is 171 Å². The molecule has 4 saturated carbocycles. The second kappa shape index (κ2) is 5.75. The zero-order valence-corrected chi connectivity index (χ0v) is 17.0. The summed E-state index contributed by atoms with van der Waals surface area (Å²) in [6.07, 6.45) is 3.87. The summed E-state index contributed by atoms with van der Waals surface area (Å²) >= 11 is 0. The van der Waals surface area contributed by atoms with Crippen molar-refractivity contribution in [2.75, 3.05) is 20.1 Å². The summed E-state index contributed by atoms with van der Waals surface area (Å²) in [6, 6.07) is 10.8. The number of carbonyl (C=O) groups is 1. The molecule has 6 unspecified atom stereocenters. The van der Waals surface area contributed by atoms with Crippen LogP contribution >= 0.6 is 0 Å². The van der Waals surface area contributed by atoms with Crippen molar-refractivity contribution in [3.05, 3.63) is 35.9 Å². The molecule has 1 spiro atoms. The monoisotopic (exact) mass is 395 g/mol. The first kappa shape index (κ1) is 17.8. The van der Waals surface area contributed by atoms with Gasteiger partial charge in [-0.25, -0.2) is 0 Å². The van der Waals surface area contributed by atoms with Gasteiger partial charge in [-0.3, -0.25) is 16.0 Å². The van der Waals surface area contributed by atoms with Gasteiger partial charge >= 0.3 is 0 Å². The number of hydrazone groups is 1. The maximum atomic E-state index is 13.3. The summed E-state index contributed by atoms with van der Waals surface area (Å²) in [5, 5.41) is 13.6. The van der Waals surface area contributed by atoms with Crippen LogP contribution < -0.4 is 16.3 Å². The van der Waals surface area contributed by atoms with E-state index in [0.717, 1.165) is 12.8 Å². The van der Waals surface area contributed by atoms with E-state index in [1.165, 1.54) is 12.0 Å². The number of nitrogens with one attached hydrogen (secondary N) is 2. The number of carbonyl (C=O) groups excluding carboxylic acids is 1. The van der Waals surface area contributed by atoms with E-state index in [1.54, 1.807) is 7.05 Å². The Morgan fingerprint density at radius 2 is 2.00 bits per heavy atom. The fourth-order valence-corrected chi connectivity index (χ4v) is 8.35. The van der Waals surface area contributed by atoms with E-state index in [4.69, 9.17) is 5.73 Å². The van der Waals surface area contributed by atoms with Crippen LogP contribution in [0.15, 0.2) is 30.3 Å². The molecule has 5 fully saturated rings. The summed E-state index contributed by atoms with van der Waals surface area (Å²) < 4.78 is 0. The molecule has 1 heterocycles. The van der Waals surface area contributed by atoms with Crippen LogP contribution in [0.2, 0.25) is 0 Å². The molecule has 2 bridgehead atoms. The van der Waals surface area contributed by atoms with Crippen molar-refractivity contribution in [1.29, 1.82) is 0 Å². The van der Waals surface area contributed by atoms with Crippen molar-refractivity contribution in [3.8, 4) is 0 Å². The van der Waals surface area contributed by atoms with Gasteiger partial charge < -0.3 is 10.0 Å². The lowest BCUT2D eigenvalue weighted by Gasteiger charge is -2.77. The standard InChI is InChI=1S/C23H30N4O2/c1-25-26-21(24)14-11-27(12-14)19(28)10-22(15-5-3-2-4-6-15)17-7-13-9-23(17)16(20(13)29)8-18(22)23/h2-6,13-14,16-18,20,25,29H,7-12H2,1H3,(H2,24,26)/p+1/t13?,16?,17?,18?,20-,22?,23?/m1/s1. The minimum atomic E-state index is -0.0960. The number of hydrogen-bond acceptors (Lipinski definition) is 3. The molecular formula is C23H31N4O2+. The largest absolute Gasteiger partial charge is 0.393 e. The van der Waals surface area contributed by atoms with Gasteiger partial charge in [-0.05, 0) is 53.9 Å². The number of nitrogens with zero attached hydrogens (tertiary/aromatic N) is 1. The Morgan fingerprint density at radius 1 is 1.28 bits per heavy atom. The lowest BCUT2D eigenvalue weighted by Crippen LogP contribution is -2.86. The van der Waals surface area contributed by atoms with Gasteiger partial charge in [-0.1, -0.05) is 30.3 Å². The van der Waals surface area contributed by atoms with Crippen molar-refractivity contribution in [1.82, 2.24) is 10.3 Å². The van der Waals surface area contributed by atoms with Crippen LogP contribution in [0.25, 0.3) is 0 Å². The maximum absolute atomic E-state index is 13.3. The van der Waals surface area contributed by atoms with Crippen molar-refractivity contribution in [2.24, 2.45) is 40.7 Å². The molecule has 0 radical (unpaired) electrons. The Kier molecular flexibility index (Phi) is 3.52. The Hall–Kier alpha value is -2.08. The fourth-order valence-electron chi connectivity index (χ4n) is 8.35. The first-order chi connectivity index (χ1) is 14.0. The third-order valence-corrected chi connectivity index (χ3v) is 9.47. The van der Waals surface area contributed by atoms with E-state index in [-0.39, 0.29) is 23.3 Å². The number of rotatable bonds is 5. The third-order valence-electron chi connectivity index (χ3n) is 9.47. The quantitative estimate of drug-likeness (QED) is 0.304. The molecule has 5 N–H and O–H groups in total. The van der Waals surface area contributed by atoms with Gasteiger partial charge in [-0.15, -0.1) is 0 Å². The number of amidine groups is 1. The van der Waals surface area contributed by atoms with Crippen LogP contribution in [0.5, 0.6) is 0 Å². The highest BCUT2D eigenvalue weighted by molar-refractivity contribution is 5.84. The van der Waals surface area contributed by atoms with E-state index in [9.17, 15) is 9.90 Å². The molecule has 4 aliphatic carbocycles. The van der Waals surface area contributed by atoms with Crippen molar-refractivity contribution >= 4 is 11.7 Å². The fraction of sp³-hybridized carbons (Fsp3) is 0.652. The molecule has 1 aromatic carbocycles. The van der Waals surface area contributed by atoms with Gasteiger partial charge in [0.1, 0.15) is 0 Å². The summed E-state index contributed by atoms with van der Waals surface area (Å²) in [6.45, 7) is 1.41. The Morgan fingerprint density at radius 3 is 2.69 bits per heavy atom. The van der Waals surface area contributed by atoms with Gasteiger partial charge in [0.25, 0.3) is 5.84 Å². The topological polar surface area (TPSA) is 92.6 Å². The molecule has 0 aromatic heterocycles. The van der Waals surface area contributed by atoms with Crippen LogP contribution in [0.1, 0.15) is 31.2 Å². The normalized spacial score (nSPS) is 44.6. The minimum Gasteiger partial charge on any atom is -0.393 e. The van der Waals surface area contributed by atoms with Gasteiger partial charge in [0.05, 0.1) is 12.0 Å². The van der Waals surface area contributed by atoms with Crippen LogP contribution in [0.4, 0.5) is 0 Å². The van der Waals surface area contributed by atoms with Crippen molar-refractivity contribution in [2.45, 2.75) is 37.2 Å². The van der Waals surface area contributed by atoms with Gasteiger partial charge in [0, 0.05) is 32.0 Å². The van der Waals surface area contributed by atoms with E-state index in [2.05, 4.69) is 40.9 Å². The van der Waals surface area contributed by atoms with Crippen molar-refractivity contribution < 1.29 is 15.0 Å². The highest BCUT2D eigenvalue weighted by Crippen LogP contribution is 2.87. The van der Waals surface area contributed by atoms with Crippen LogP contribution in [-0.2, 0) is 10.2 Å². The molecular weight excluding hydrogens is 364 g/mol. The number of benzene rings is 1. The smallest absolute Gasteiger partial charge is 0.270 e. The number of fused-ring (bicyclic) bond motifs is 1. The predicted octanol–water partition coefficient (Wildman–Crippen LogP) is -0.618. The van der Waals surface area contributed by atoms with E-state index < -0.39 is 0 Å². The highest BCUT2D eigenvalue weighted by atomic mass is 16.3. The number of amides is 1. The molecule has 1 amide bonds. The van der Waals surface area contributed by atoms with Crippen molar-refractivity contribution in [3.63, 3.8) is 0 Å². The maximum Gasteiger partial charge on any atom is 0.270 e. The molecule has 5 aliphatic rings. The van der Waals surface area contributed by atoms with Gasteiger partial charge in [-0.2, -0.15) is 5.10 Å². The average molecular weight is 396 g/mol. The second-order valence-electron chi connectivity index (χ2n) is 10.2. The van der Waals surface area contributed by atoms with E-state index >= 15 is 0 Å². The summed E-state index contributed by atoms with van der Waals surface area (Å²) in [4.78, 5) is 15.3. The summed E-state index contributed by atoms with van der Waals surface area (Å²) in [5.74, 6) is 3.24. The number of aliphatic hydroxyl groups excluding tert-OH is 1. The molecule has 7 atom stereocenters. The minimum absolute atomic E-state index is 0.0344. The molecule has 29 heavy (non-hydrogen) atoms. The summed E-state index contributed by atoms with van der Waals surface area (Å²) in [7, 11) is 1.79. The molecule has 154 valence electrons. The number of likely N-dealkylation sites (tertiary alicyclic amines) is 1. The lowest BCUT2D eigenvalue weighted by molar-refractivity contribution is -0.524. The molecule has 6 heteroatoms. The van der Waals surface area contributed by atoms with Crippen LogP contribution in [0.3, 0.4) is 0 Å². The van der Waals surface area contributed by atoms with Gasteiger partial charge in [0.15, 0.2) is 0 Å². The number of nitrogens with two attached hydrogens (primary N) is 1. The molecule has 6 rings (SSSR count). The predicted molar refractivity (Wildman–Crippen MR) is 108 cm³/mol. The Bertz CT molecular complexity index is 882. The lowest BCUT2D eigenvalue weighted by atomic mass is 9.26. The molecule has 1 aromatic rings. The third kappa shape index (κ3) is 1.96. The zero-order valence-electron chi connectivity index (χ0n) is 17.0. The average Bonchev–Trinajstić information content (AvgIpc) is 3.16. The first-order valence-corrected chi connectivity index (χ1v) is 11.1. The first-order valence-electron chi connectivity index (χ1n) is 11.1. The molecule has 6 nitrogen and oxygen atoms in total. The number of aliphatic hydroxyl groups is 1. The summed E-state index contributed by atoms with van der Waals surface area (Å²) in [5.41, 5.74) is 10.5. The highest BCUT2D eigenvalue weighted by Gasteiger charge is 2.85. The van der Waals surface area contributed by atoms with Gasteiger partial charge in [0.2, 0.25) is 5.91 Å². The number of hydrazine groups is 1.